The second kappa shape index (κ2) is 6.27. The maximum absolute atomic E-state index is 11.4. The first-order valence-corrected chi connectivity index (χ1v) is 5.06. The molecule has 16 heavy (non-hydrogen) atoms. The Kier molecular flexibility index (Phi) is 5.74. The zero-order valence-corrected chi connectivity index (χ0v) is 10.2. The van der Waals surface area contributed by atoms with E-state index >= 15 is 0 Å². The van der Waals surface area contributed by atoms with E-state index < -0.39 is 11.6 Å². The van der Waals surface area contributed by atoms with Gasteiger partial charge >= 0.3 is 5.97 Å². The average molecular weight is 229 g/mol. The summed E-state index contributed by atoms with van der Waals surface area (Å²) in [6, 6.07) is 0. The van der Waals surface area contributed by atoms with Gasteiger partial charge in [-0.1, -0.05) is 0 Å². The van der Waals surface area contributed by atoms with Crippen molar-refractivity contribution in [2.24, 2.45) is 0 Å². The largest absolute Gasteiger partial charge is 0.464 e. The van der Waals surface area contributed by atoms with Crippen LogP contribution in [0.15, 0.2) is 12.3 Å². The fourth-order valence-electron chi connectivity index (χ4n) is 0.989. The molecule has 0 rings (SSSR count). The van der Waals surface area contributed by atoms with Crippen molar-refractivity contribution in [3.8, 4) is 0 Å². The summed E-state index contributed by atoms with van der Waals surface area (Å²) in [7, 11) is 3.54. The number of esters is 1. The molecule has 0 aliphatic heterocycles. The molecule has 0 aromatic carbocycles. The van der Waals surface area contributed by atoms with Crippen LogP contribution in [0.5, 0.6) is 0 Å². The minimum Gasteiger partial charge on any atom is -0.464 e. The van der Waals surface area contributed by atoms with E-state index in [1.807, 2.05) is 0 Å². The van der Waals surface area contributed by atoms with Gasteiger partial charge in [0.2, 0.25) is 0 Å². The topological polar surface area (TPSA) is 66.8 Å². The monoisotopic (exact) mass is 229 g/mol. The van der Waals surface area contributed by atoms with Crippen molar-refractivity contribution in [3.05, 3.63) is 12.3 Å². The zero-order valence-electron chi connectivity index (χ0n) is 10.2. The molecule has 0 spiro atoms. The van der Waals surface area contributed by atoms with Gasteiger partial charge in [0, 0.05) is 26.7 Å². The van der Waals surface area contributed by atoms with E-state index in [1.165, 1.54) is 13.0 Å². The number of rotatable bonds is 6. The zero-order chi connectivity index (χ0) is 12.8. The second-order valence-electron chi connectivity index (χ2n) is 3.92. The fraction of sp³-hybridized carbons (Fsp3) is 0.636. The first kappa shape index (κ1) is 14.6. The molecule has 1 atom stereocenters. The standard InChI is InChI=1S/C11H19NO4/c1-5-16-10(14)11(2,15)8-9(13)6-7-12(3)4/h6-7,15H,5,8H2,1-4H3/b7-6+. The molecule has 0 aromatic rings. The van der Waals surface area contributed by atoms with Crippen molar-refractivity contribution in [1.82, 2.24) is 4.90 Å². The molecule has 0 aliphatic rings. The van der Waals surface area contributed by atoms with Crippen LogP contribution in [0.3, 0.4) is 0 Å². The summed E-state index contributed by atoms with van der Waals surface area (Å²) in [6.07, 6.45) is 2.59. The van der Waals surface area contributed by atoms with Crippen LogP contribution in [-0.2, 0) is 14.3 Å². The van der Waals surface area contributed by atoms with Crippen LogP contribution in [0.2, 0.25) is 0 Å². The summed E-state index contributed by atoms with van der Waals surface area (Å²) in [4.78, 5) is 24.4. The molecule has 0 bridgehead atoms. The van der Waals surface area contributed by atoms with Crippen LogP contribution in [0.4, 0.5) is 0 Å². The van der Waals surface area contributed by atoms with Crippen LogP contribution in [-0.4, -0.2) is 48.1 Å². The Morgan fingerprint density at radius 1 is 1.44 bits per heavy atom. The van der Waals surface area contributed by atoms with Crippen LogP contribution >= 0.6 is 0 Å². The molecule has 0 aromatic heterocycles. The Morgan fingerprint density at radius 2 is 2.00 bits per heavy atom. The molecule has 0 heterocycles. The predicted octanol–water partition coefficient (Wildman–Crippen LogP) is 0.335. The van der Waals surface area contributed by atoms with E-state index in [4.69, 9.17) is 0 Å². The highest BCUT2D eigenvalue weighted by Gasteiger charge is 2.33. The molecule has 5 heteroatoms. The third-order valence-corrected chi connectivity index (χ3v) is 1.79. The molecule has 0 saturated carbocycles. The molecule has 0 aliphatic carbocycles. The summed E-state index contributed by atoms with van der Waals surface area (Å²) in [5, 5.41) is 9.71. The smallest absolute Gasteiger partial charge is 0.338 e. The Morgan fingerprint density at radius 3 is 2.44 bits per heavy atom. The van der Waals surface area contributed by atoms with Gasteiger partial charge in [0.15, 0.2) is 11.4 Å². The van der Waals surface area contributed by atoms with Crippen molar-refractivity contribution in [2.75, 3.05) is 20.7 Å². The Bertz CT molecular complexity index is 282. The van der Waals surface area contributed by atoms with E-state index in [9.17, 15) is 14.7 Å². The average Bonchev–Trinajstić information content (AvgIpc) is 2.14. The van der Waals surface area contributed by atoms with Gasteiger partial charge < -0.3 is 14.7 Å². The molecule has 92 valence electrons. The SMILES string of the molecule is CCOC(=O)C(C)(O)CC(=O)/C=C/N(C)C. The molecule has 0 amide bonds. The van der Waals surface area contributed by atoms with Gasteiger partial charge in [-0.2, -0.15) is 0 Å². The molecule has 1 unspecified atom stereocenters. The lowest BCUT2D eigenvalue weighted by Gasteiger charge is -2.19. The summed E-state index contributed by atoms with van der Waals surface area (Å²) in [6.45, 7) is 3.09. The van der Waals surface area contributed by atoms with Gasteiger partial charge in [0.25, 0.3) is 0 Å². The maximum Gasteiger partial charge on any atom is 0.338 e. The number of nitrogens with zero attached hydrogens (tertiary/aromatic N) is 1. The third kappa shape index (κ3) is 5.50. The molecular formula is C11H19NO4. The van der Waals surface area contributed by atoms with Crippen LogP contribution < -0.4 is 0 Å². The number of aliphatic hydroxyl groups is 1. The van der Waals surface area contributed by atoms with Gasteiger partial charge in [-0.25, -0.2) is 4.79 Å². The summed E-state index contributed by atoms with van der Waals surface area (Å²) in [5.74, 6) is -1.10. The second-order valence-corrected chi connectivity index (χ2v) is 3.92. The number of carbonyl (C=O) groups excluding carboxylic acids is 2. The number of carbonyl (C=O) groups is 2. The van der Waals surface area contributed by atoms with Gasteiger partial charge in [-0.15, -0.1) is 0 Å². The van der Waals surface area contributed by atoms with E-state index in [0.717, 1.165) is 0 Å². The lowest BCUT2D eigenvalue weighted by atomic mass is 10.00. The highest BCUT2D eigenvalue weighted by Crippen LogP contribution is 2.12. The number of hydrogen-bond donors (Lipinski definition) is 1. The number of hydrogen-bond acceptors (Lipinski definition) is 5. The Labute approximate surface area is 95.7 Å². The number of ether oxygens (including phenoxy) is 1. The normalized spacial score (nSPS) is 14.6. The van der Waals surface area contributed by atoms with E-state index in [-0.39, 0.29) is 18.8 Å². The molecular weight excluding hydrogens is 210 g/mol. The summed E-state index contributed by atoms with van der Waals surface area (Å²) < 4.78 is 4.66. The van der Waals surface area contributed by atoms with Crippen LogP contribution in [0, 0.1) is 0 Å². The summed E-state index contributed by atoms with van der Waals surface area (Å²) >= 11 is 0. The highest BCUT2D eigenvalue weighted by molar-refractivity contribution is 5.94. The third-order valence-electron chi connectivity index (χ3n) is 1.79. The van der Waals surface area contributed by atoms with E-state index in [2.05, 4.69) is 4.74 Å². The molecule has 0 radical (unpaired) electrons. The quantitative estimate of drug-likeness (QED) is 0.525. The van der Waals surface area contributed by atoms with E-state index in [0.29, 0.717) is 0 Å². The minimum atomic E-state index is -1.76. The van der Waals surface area contributed by atoms with Crippen molar-refractivity contribution in [1.29, 1.82) is 0 Å². The maximum atomic E-state index is 11.4. The molecule has 0 fully saturated rings. The van der Waals surface area contributed by atoms with Gasteiger partial charge in [0.05, 0.1) is 6.61 Å². The van der Waals surface area contributed by atoms with Gasteiger partial charge in [0.1, 0.15) is 0 Å². The fourth-order valence-corrected chi connectivity index (χ4v) is 0.989. The lowest BCUT2D eigenvalue weighted by Crippen LogP contribution is -2.38. The Hall–Kier alpha value is -1.36. The van der Waals surface area contributed by atoms with Gasteiger partial charge in [-0.3, -0.25) is 4.79 Å². The van der Waals surface area contributed by atoms with Crippen molar-refractivity contribution in [3.63, 3.8) is 0 Å². The summed E-state index contributed by atoms with van der Waals surface area (Å²) in [5.41, 5.74) is -1.76. The molecule has 0 saturated heterocycles. The molecule has 5 nitrogen and oxygen atoms in total. The first-order valence-electron chi connectivity index (χ1n) is 5.06. The van der Waals surface area contributed by atoms with Crippen LogP contribution in [0.1, 0.15) is 20.3 Å². The highest BCUT2D eigenvalue weighted by atomic mass is 16.5. The Balaban J connectivity index is 4.36. The van der Waals surface area contributed by atoms with Crippen LogP contribution in [0.25, 0.3) is 0 Å². The van der Waals surface area contributed by atoms with Gasteiger partial charge in [-0.05, 0) is 19.9 Å². The first-order chi connectivity index (χ1) is 7.29. The van der Waals surface area contributed by atoms with E-state index in [1.54, 1.807) is 32.1 Å². The molecule has 1 N–H and O–H groups in total. The number of allylic oxidation sites excluding steroid dienone is 1. The predicted molar refractivity (Wildman–Crippen MR) is 59.7 cm³/mol. The van der Waals surface area contributed by atoms with Crippen molar-refractivity contribution < 1.29 is 19.4 Å². The van der Waals surface area contributed by atoms with Crippen molar-refractivity contribution in [2.45, 2.75) is 25.9 Å². The number of ketones is 1. The lowest BCUT2D eigenvalue weighted by molar-refractivity contribution is -0.164. The minimum absolute atomic E-state index is 0.177. The van der Waals surface area contributed by atoms with Crippen molar-refractivity contribution >= 4 is 11.8 Å².